The second-order valence-corrected chi connectivity index (χ2v) is 7.82. The summed E-state index contributed by atoms with van der Waals surface area (Å²) in [6.07, 6.45) is -0.381. The molecular weight excluding hydrogens is 400 g/mol. The number of fused-ring (bicyclic) bond motifs is 1. The minimum absolute atomic E-state index is 0.0204. The monoisotopic (exact) mass is 419 g/mol. The Balaban J connectivity index is 1.73. The summed E-state index contributed by atoms with van der Waals surface area (Å²) in [5.41, 5.74) is 2.36. The number of halogens is 3. The number of ether oxygens (including phenoxy) is 2. The maximum absolute atomic E-state index is 15.1. The molecule has 0 bridgehead atoms. The van der Waals surface area contributed by atoms with Gasteiger partial charge in [0.05, 0.1) is 29.4 Å². The van der Waals surface area contributed by atoms with Crippen molar-refractivity contribution in [2.45, 2.75) is 43.7 Å². The Morgan fingerprint density at radius 1 is 1.37 bits per heavy atom. The lowest BCUT2D eigenvalue weighted by Gasteiger charge is -2.32. The molecule has 2 saturated carbocycles. The highest BCUT2D eigenvalue weighted by Crippen LogP contribution is 2.67. The van der Waals surface area contributed by atoms with E-state index in [0.29, 0.717) is 22.0 Å². The molecule has 2 fully saturated rings. The molecule has 2 aliphatic carbocycles. The zero-order valence-corrected chi connectivity index (χ0v) is 16.1. The first-order valence-electron chi connectivity index (χ1n) is 8.61. The van der Waals surface area contributed by atoms with E-state index >= 15 is 4.39 Å². The predicted molar refractivity (Wildman–Crippen MR) is 96.3 cm³/mol. The fraction of sp³-hybridized carbons (Fsp3) is 0.556. The molecule has 148 valence electrons. The molecule has 0 aromatic heterocycles. The van der Waals surface area contributed by atoms with Gasteiger partial charge in [0.1, 0.15) is 5.54 Å². The van der Waals surface area contributed by atoms with Crippen LogP contribution in [0.3, 0.4) is 0 Å². The third-order valence-electron chi connectivity index (χ3n) is 5.36. The summed E-state index contributed by atoms with van der Waals surface area (Å²) in [7, 11) is 0. The number of benzene rings is 1. The fourth-order valence-corrected chi connectivity index (χ4v) is 4.25. The number of carboxylic acids is 1. The highest BCUT2D eigenvalue weighted by atomic mass is 35.5. The molecule has 0 spiro atoms. The van der Waals surface area contributed by atoms with Gasteiger partial charge < -0.3 is 20.3 Å². The topological polar surface area (TPSA) is 98.9 Å². The van der Waals surface area contributed by atoms with Crippen LogP contribution in [-0.4, -0.2) is 41.0 Å². The Morgan fingerprint density at radius 3 is 2.67 bits per heavy atom. The number of nitrogens with two attached hydrogens (primary N) is 1. The molecule has 0 amide bonds. The van der Waals surface area contributed by atoms with Gasteiger partial charge in [0.25, 0.3) is 0 Å². The molecule has 1 aromatic carbocycles. The van der Waals surface area contributed by atoms with Crippen LogP contribution >= 0.6 is 23.2 Å². The number of aliphatic carboxylic acids is 1. The molecule has 0 heterocycles. The predicted octanol–water partition coefficient (Wildman–Crippen LogP) is 2.97. The Bertz CT molecular complexity index is 778. The fourth-order valence-electron chi connectivity index (χ4n) is 3.93. The average molecular weight is 420 g/mol. The molecule has 3 N–H and O–H groups in total. The van der Waals surface area contributed by atoms with Crippen molar-refractivity contribution in [3.63, 3.8) is 0 Å². The number of carbonyl (C=O) groups is 2. The summed E-state index contributed by atoms with van der Waals surface area (Å²) in [4.78, 5) is 23.9. The van der Waals surface area contributed by atoms with Crippen LogP contribution in [0.25, 0.3) is 0 Å². The van der Waals surface area contributed by atoms with Crippen molar-refractivity contribution in [2.24, 2.45) is 17.6 Å². The van der Waals surface area contributed by atoms with E-state index in [0.717, 1.165) is 0 Å². The molecule has 2 aliphatic rings. The number of carboxylic acid groups (broad SMARTS) is 1. The van der Waals surface area contributed by atoms with Gasteiger partial charge in [-0.1, -0.05) is 36.2 Å². The van der Waals surface area contributed by atoms with Crippen LogP contribution in [0.5, 0.6) is 0 Å². The largest absolute Gasteiger partial charge is 0.480 e. The van der Waals surface area contributed by atoms with E-state index in [9.17, 15) is 14.7 Å². The van der Waals surface area contributed by atoms with E-state index in [1.165, 1.54) is 0 Å². The summed E-state index contributed by atoms with van der Waals surface area (Å²) in [6, 6.07) is 4.88. The van der Waals surface area contributed by atoms with E-state index in [1.54, 1.807) is 25.1 Å². The third-order valence-corrected chi connectivity index (χ3v) is 6.10. The quantitative estimate of drug-likeness (QED) is 0.659. The van der Waals surface area contributed by atoms with Gasteiger partial charge in [-0.15, -0.1) is 0 Å². The van der Waals surface area contributed by atoms with E-state index in [-0.39, 0.29) is 19.6 Å². The first-order valence-corrected chi connectivity index (χ1v) is 9.36. The van der Waals surface area contributed by atoms with Crippen molar-refractivity contribution in [3.8, 4) is 0 Å². The molecule has 27 heavy (non-hydrogen) atoms. The number of esters is 1. The van der Waals surface area contributed by atoms with Gasteiger partial charge in [0.2, 0.25) is 5.67 Å². The molecule has 0 unspecified atom stereocenters. The van der Waals surface area contributed by atoms with E-state index < -0.39 is 41.1 Å². The van der Waals surface area contributed by atoms with Crippen LogP contribution in [0.1, 0.15) is 25.3 Å². The maximum Gasteiger partial charge on any atom is 0.344 e. The second kappa shape index (κ2) is 7.20. The van der Waals surface area contributed by atoms with Crippen molar-refractivity contribution < 1.29 is 28.6 Å². The summed E-state index contributed by atoms with van der Waals surface area (Å²) in [5.74, 6) is -4.46. The summed E-state index contributed by atoms with van der Waals surface area (Å²) < 4.78 is 25.7. The molecule has 0 aliphatic heterocycles. The SMILES string of the molecule is CCCOC(=O)[C@@]1(F)[C@@H]2C[C@@H](OCc3ccc(Cl)c(Cl)c3)[C@@](N)(C(=O)O)[C@@H]21. The molecule has 0 saturated heterocycles. The molecular formula is C18H20Cl2FNO5. The first kappa shape index (κ1) is 20.3. The molecule has 9 heteroatoms. The minimum Gasteiger partial charge on any atom is -0.480 e. The van der Waals surface area contributed by atoms with Gasteiger partial charge in [-0.05, 0) is 30.5 Å². The normalized spacial score (nSPS) is 34.2. The van der Waals surface area contributed by atoms with Crippen LogP contribution < -0.4 is 5.73 Å². The standard InChI is InChI=1S/C18H20Cl2FNO5/c1-2-5-26-16(25)17(21)10-7-13(18(22,14(10)17)15(23)24)27-8-9-3-4-11(19)12(20)6-9/h3-4,6,10,13-14H,2,5,7-8,22H2,1H3,(H,23,24)/t10-,13-,14+,17-,18+/m1/s1. The zero-order chi connectivity index (χ0) is 20.0. The lowest BCUT2D eigenvalue weighted by Crippen LogP contribution is -2.60. The summed E-state index contributed by atoms with van der Waals surface area (Å²) in [6.45, 7) is 1.89. The number of alkyl halides is 1. The third kappa shape index (κ3) is 3.20. The molecule has 0 radical (unpaired) electrons. The Morgan fingerprint density at radius 2 is 2.07 bits per heavy atom. The van der Waals surface area contributed by atoms with Gasteiger partial charge in [-0.2, -0.15) is 0 Å². The van der Waals surface area contributed by atoms with Crippen molar-refractivity contribution in [1.82, 2.24) is 0 Å². The second-order valence-electron chi connectivity index (χ2n) is 7.01. The van der Waals surface area contributed by atoms with Gasteiger partial charge in [0.15, 0.2) is 0 Å². The van der Waals surface area contributed by atoms with E-state index in [4.69, 9.17) is 38.4 Å². The van der Waals surface area contributed by atoms with E-state index in [1.807, 2.05) is 0 Å². The van der Waals surface area contributed by atoms with Crippen LogP contribution in [0.4, 0.5) is 4.39 Å². The minimum atomic E-state index is -2.37. The average Bonchev–Trinajstić information content (AvgIpc) is 3.09. The Kier molecular flexibility index (Phi) is 5.42. The van der Waals surface area contributed by atoms with Crippen molar-refractivity contribution in [2.75, 3.05) is 6.61 Å². The van der Waals surface area contributed by atoms with Crippen LogP contribution in [-0.2, 0) is 25.7 Å². The summed E-state index contributed by atoms with van der Waals surface area (Å²) >= 11 is 11.8. The van der Waals surface area contributed by atoms with Gasteiger partial charge in [-0.3, -0.25) is 4.79 Å². The van der Waals surface area contributed by atoms with Crippen molar-refractivity contribution in [1.29, 1.82) is 0 Å². The first-order chi connectivity index (χ1) is 12.7. The van der Waals surface area contributed by atoms with Crippen LogP contribution in [0.2, 0.25) is 10.0 Å². The van der Waals surface area contributed by atoms with Gasteiger partial charge in [-0.25, -0.2) is 9.18 Å². The molecule has 3 rings (SSSR count). The molecule has 1 aromatic rings. The van der Waals surface area contributed by atoms with Crippen molar-refractivity contribution >= 4 is 35.1 Å². The summed E-state index contributed by atoms with van der Waals surface area (Å²) in [5, 5.41) is 10.4. The van der Waals surface area contributed by atoms with Crippen LogP contribution in [0.15, 0.2) is 18.2 Å². The molecule has 5 atom stereocenters. The lowest BCUT2D eigenvalue weighted by atomic mass is 9.88. The van der Waals surface area contributed by atoms with Gasteiger partial charge >= 0.3 is 11.9 Å². The number of hydrogen-bond acceptors (Lipinski definition) is 5. The number of rotatable bonds is 7. The lowest BCUT2D eigenvalue weighted by molar-refractivity contribution is -0.159. The van der Waals surface area contributed by atoms with Crippen molar-refractivity contribution in [3.05, 3.63) is 33.8 Å². The smallest absolute Gasteiger partial charge is 0.344 e. The maximum atomic E-state index is 15.1. The van der Waals surface area contributed by atoms with Crippen LogP contribution in [0, 0.1) is 11.8 Å². The Hall–Kier alpha value is -1.41. The van der Waals surface area contributed by atoms with Gasteiger partial charge in [0, 0.05) is 11.8 Å². The number of carbonyl (C=O) groups excluding carboxylic acids is 1. The highest BCUT2D eigenvalue weighted by Gasteiger charge is 2.85. The highest BCUT2D eigenvalue weighted by molar-refractivity contribution is 6.42. The molecule has 6 nitrogen and oxygen atoms in total. The van der Waals surface area contributed by atoms with E-state index in [2.05, 4.69) is 0 Å². The number of hydrogen-bond donors (Lipinski definition) is 2. The Labute approximate surface area is 165 Å². The zero-order valence-electron chi connectivity index (χ0n) is 14.6.